The molecule has 0 spiro atoms. The predicted octanol–water partition coefficient (Wildman–Crippen LogP) is 4.47. The van der Waals surface area contributed by atoms with Crippen LogP contribution in [0, 0.1) is 0 Å². The number of hydrogen-bond donors (Lipinski definition) is 4. The molecule has 0 radical (unpaired) electrons. The van der Waals surface area contributed by atoms with E-state index in [1.807, 2.05) is 0 Å². The fraction of sp³-hybridized carbons (Fsp3) is 1.00. The van der Waals surface area contributed by atoms with Crippen LogP contribution in [0.1, 0.15) is 6.42 Å². The molecule has 1 aliphatic rings. The van der Waals surface area contributed by atoms with E-state index in [1.165, 1.54) is 0 Å². The Bertz CT molecular complexity index is 1030. The lowest BCUT2D eigenvalue weighted by Gasteiger charge is -2.44. The molecule has 0 aromatic heterocycles. The first-order valence-electron chi connectivity index (χ1n) is 10.9. The van der Waals surface area contributed by atoms with Crippen LogP contribution < -0.4 is 0 Å². The molecule has 0 aromatic carbocycles. The van der Waals surface area contributed by atoms with Crippen LogP contribution in [0.25, 0.3) is 0 Å². The Balaban J connectivity index is 3.45. The lowest BCUT2D eigenvalue weighted by Crippen LogP contribution is -2.76. The van der Waals surface area contributed by atoms with Crippen LogP contribution in [0.2, 0.25) is 0 Å². The first-order valence-corrected chi connectivity index (χ1v) is 10.9. The minimum atomic E-state index is -9.28. The van der Waals surface area contributed by atoms with Crippen molar-refractivity contribution in [3.63, 3.8) is 0 Å². The van der Waals surface area contributed by atoms with E-state index >= 15 is 0 Å². The smallest absolute Gasteiger partial charge is 0.394 e. The van der Waals surface area contributed by atoms with Gasteiger partial charge in [0.1, 0.15) is 24.4 Å². The number of halogens is 21. The van der Waals surface area contributed by atoms with Gasteiger partial charge in [0.15, 0.2) is 6.29 Å². The quantitative estimate of drug-likeness (QED) is 0.209. The number of aliphatic hydroxyl groups is 4. The van der Waals surface area contributed by atoms with Gasteiger partial charge in [-0.3, -0.25) is 0 Å². The minimum absolute atomic E-state index is 1.25. The van der Waals surface area contributed by atoms with Gasteiger partial charge in [-0.1, -0.05) is 0 Å². The molecule has 0 amide bonds. The van der Waals surface area contributed by atoms with Crippen LogP contribution in [0.4, 0.5) is 92.2 Å². The van der Waals surface area contributed by atoms with Gasteiger partial charge in [-0.2, -0.15) is 92.2 Å². The molecule has 0 bridgehead atoms. The molecule has 1 saturated heterocycles. The highest BCUT2D eigenvalue weighted by molar-refractivity contribution is 5.17. The first-order chi connectivity index (χ1) is 19.5. The molecule has 5 atom stereocenters. The number of alkyl halides is 21. The molecule has 1 rings (SSSR count). The van der Waals surface area contributed by atoms with Gasteiger partial charge in [-0.05, 0) is 0 Å². The van der Waals surface area contributed by atoms with E-state index in [-0.39, 0.29) is 0 Å². The van der Waals surface area contributed by atoms with Crippen LogP contribution in [-0.4, -0.2) is 124 Å². The van der Waals surface area contributed by atoms with Crippen LogP contribution in [0.15, 0.2) is 0 Å². The van der Waals surface area contributed by atoms with Gasteiger partial charge in [0.2, 0.25) is 0 Å². The van der Waals surface area contributed by atoms with Crippen molar-refractivity contribution in [2.24, 2.45) is 0 Å². The fourth-order valence-electron chi connectivity index (χ4n) is 3.26. The van der Waals surface area contributed by atoms with E-state index < -0.39 is 110 Å². The van der Waals surface area contributed by atoms with Crippen molar-refractivity contribution < 1.29 is 122 Å². The maximum Gasteiger partial charge on any atom is 0.460 e. The maximum atomic E-state index is 14.0. The molecule has 6 nitrogen and oxygen atoms in total. The van der Waals surface area contributed by atoms with Gasteiger partial charge in [-0.15, -0.1) is 0 Å². The Morgan fingerprint density at radius 3 is 1.13 bits per heavy atom. The van der Waals surface area contributed by atoms with Gasteiger partial charge >= 0.3 is 59.5 Å². The summed E-state index contributed by atoms with van der Waals surface area (Å²) < 4.78 is 290. The highest BCUT2D eigenvalue weighted by atomic mass is 19.4. The van der Waals surface area contributed by atoms with Crippen molar-refractivity contribution in [3.8, 4) is 0 Å². The summed E-state index contributed by atoms with van der Waals surface area (Å²) in [6.45, 7) is -3.51. The van der Waals surface area contributed by atoms with Crippen molar-refractivity contribution in [1.82, 2.24) is 0 Å². The Morgan fingerprint density at radius 2 is 0.800 bits per heavy atom. The van der Waals surface area contributed by atoms with Gasteiger partial charge in [0, 0.05) is 6.42 Å². The average molecular weight is 726 g/mol. The Morgan fingerprint density at radius 1 is 0.467 bits per heavy atom. The van der Waals surface area contributed by atoms with Gasteiger partial charge in [-0.25, -0.2) is 0 Å². The van der Waals surface area contributed by atoms with Crippen LogP contribution >= 0.6 is 0 Å². The topological polar surface area (TPSA) is 99.4 Å². The fourth-order valence-corrected chi connectivity index (χ4v) is 3.26. The van der Waals surface area contributed by atoms with Crippen molar-refractivity contribution in [2.45, 2.75) is 96.6 Å². The third-order valence-corrected chi connectivity index (χ3v) is 6.12. The van der Waals surface area contributed by atoms with Crippen LogP contribution in [0.5, 0.6) is 0 Å². The average Bonchev–Trinajstić information content (AvgIpc) is 2.86. The largest absolute Gasteiger partial charge is 0.460 e. The number of ether oxygens (including phenoxy) is 2. The summed E-state index contributed by atoms with van der Waals surface area (Å²) in [5.74, 6) is -78.1. The molecule has 270 valence electrons. The molecule has 45 heavy (non-hydrogen) atoms. The molecule has 0 aromatic rings. The summed E-state index contributed by atoms with van der Waals surface area (Å²) in [7, 11) is 0. The second-order valence-electron chi connectivity index (χ2n) is 9.12. The summed E-state index contributed by atoms with van der Waals surface area (Å²) in [6, 6.07) is 0. The van der Waals surface area contributed by atoms with E-state index in [0.717, 1.165) is 0 Å². The summed E-state index contributed by atoms with van der Waals surface area (Å²) in [5, 5.41) is 37.4. The molecule has 27 heteroatoms. The number of rotatable bonds is 13. The number of aliphatic hydroxyl groups excluding tert-OH is 4. The molecule has 1 fully saturated rings. The van der Waals surface area contributed by atoms with E-state index in [0.29, 0.717) is 0 Å². The third kappa shape index (κ3) is 5.85. The number of hydrogen-bond acceptors (Lipinski definition) is 6. The Kier molecular flexibility index (Phi) is 10.8. The second kappa shape index (κ2) is 11.8. The van der Waals surface area contributed by atoms with E-state index in [1.54, 1.807) is 0 Å². The molecule has 4 N–H and O–H groups in total. The standard InChI is InChI=1S/C18H15F21O6/c19-9(20,1-2-44-8-7(43)6(42)5(41)4(3-40)45-8)10(21,22)11(23,24)12(25,26)13(27,28)14(29,30)15(31,32)16(33,34)17(35,36)18(37,38)39/h4-8,40-43H,1-3H2/t4-,5+,6+,7-,8-/m1/s1. The van der Waals surface area contributed by atoms with Crippen LogP contribution in [0.3, 0.4) is 0 Å². The lowest BCUT2D eigenvalue weighted by molar-refractivity contribution is -0.474. The normalized spacial score (nSPS) is 25.9. The SMILES string of the molecule is OC[C@H]1O[C@@H](OCCC(F)(F)C(F)(F)C(F)(F)C(F)(F)C(F)(F)C(F)(F)C(F)(F)C(F)(F)C(F)(F)C(F)(F)F)[C@H](O)[C@@H](O)[C@H]1O. The highest BCUT2D eigenvalue weighted by Crippen LogP contribution is 2.66. The lowest BCUT2D eigenvalue weighted by atomic mass is 9.86. The zero-order valence-electron chi connectivity index (χ0n) is 20.6. The predicted molar refractivity (Wildman–Crippen MR) is 94.9 cm³/mol. The first kappa shape index (κ1) is 41.3. The summed E-state index contributed by atoms with van der Waals surface area (Å²) in [4.78, 5) is 0. The van der Waals surface area contributed by atoms with Crippen molar-refractivity contribution >= 4 is 0 Å². The second-order valence-corrected chi connectivity index (χ2v) is 9.12. The van der Waals surface area contributed by atoms with Crippen LogP contribution in [-0.2, 0) is 9.47 Å². The van der Waals surface area contributed by atoms with E-state index in [9.17, 15) is 108 Å². The highest BCUT2D eigenvalue weighted by Gasteiger charge is 2.97. The van der Waals surface area contributed by atoms with E-state index in [2.05, 4.69) is 9.47 Å². The van der Waals surface area contributed by atoms with Crippen molar-refractivity contribution in [1.29, 1.82) is 0 Å². The summed E-state index contributed by atoms with van der Waals surface area (Å²) in [5.41, 5.74) is 0. The van der Waals surface area contributed by atoms with Gasteiger partial charge in [0.25, 0.3) is 0 Å². The third-order valence-electron chi connectivity index (χ3n) is 6.12. The maximum absolute atomic E-state index is 14.0. The molecular weight excluding hydrogens is 711 g/mol. The zero-order chi connectivity index (χ0) is 36.4. The molecule has 1 aliphatic heterocycles. The van der Waals surface area contributed by atoms with E-state index in [4.69, 9.17) is 5.11 Å². The Labute approximate surface area is 233 Å². The minimum Gasteiger partial charge on any atom is -0.394 e. The molecule has 0 saturated carbocycles. The molecule has 1 heterocycles. The molecule has 0 aliphatic carbocycles. The zero-order valence-corrected chi connectivity index (χ0v) is 20.6. The van der Waals surface area contributed by atoms with Gasteiger partial charge < -0.3 is 29.9 Å². The monoisotopic (exact) mass is 726 g/mol. The van der Waals surface area contributed by atoms with Crippen molar-refractivity contribution in [3.05, 3.63) is 0 Å². The van der Waals surface area contributed by atoms with Crippen molar-refractivity contribution in [2.75, 3.05) is 13.2 Å². The molecular formula is C18H15F21O6. The molecule has 0 unspecified atom stereocenters. The van der Waals surface area contributed by atoms with Gasteiger partial charge in [0.05, 0.1) is 13.2 Å². The summed E-state index contributed by atoms with van der Waals surface area (Å²) >= 11 is 0. The Hall–Kier alpha value is -1.71. The summed E-state index contributed by atoms with van der Waals surface area (Å²) in [6.07, 6.45) is -22.7.